The van der Waals surface area contributed by atoms with Gasteiger partial charge >= 0.3 is 0 Å². The number of aromatic nitrogens is 1. The van der Waals surface area contributed by atoms with E-state index in [4.69, 9.17) is 9.26 Å². The minimum atomic E-state index is -0.606. The molecule has 1 N–H and O–H groups in total. The highest BCUT2D eigenvalue weighted by atomic mass is 16.5. The standard InChI is InChI=1S/C13H19N3O4/c1-14-11(17)8-13(9-19-2)5-3-6-16(13)12(18)10-4-7-20-15-10/h4,7H,3,5-6,8-9H2,1-2H3,(H,14,17)/t13-/m1/s1. The van der Waals surface area contributed by atoms with Crippen molar-refractivity contribution in [3.05, 3.63) is 18.0 Å². The molecule has 2 amide bonds. The summed E-state index contributed by atoms with van der Waals surface area (Å²) in [6.07, 6.45) is 3.16. The molecule has 0 saturated carbocycles. The second kappa shape index (κ2) is 6.04. The molecule has 0 aromatic carbocycles. The molecule has 20 heavy (non-hydrogen) atoms. The lowest BCUT2D eigenvalue weighted by Crippen LogP contribution is -2.52. The van der Waals surface area contributed by atoms with Crippen molar-refractivity contribution in [2.75, 3.05) is 27.3 Å². The van der Waals surface area contributed by atoms with Gasteiger partial charge in [0.2, 0.25) is 5.91 Å². The quantitative estimate of drug-likeness (QED) is 0.846. The van der Waals surface area contributed by atoms with Gasteiger partial charge in [0.15, 0.2) is 5.69 Å². The summed E-state index contributed by atoms with van der Waals surface area (Å²) in [6, 6.07) is 1.53. The lowest BCUT2D eigenvalue weighted by molar-refractivity contribution is -0.123. The van der Waals surface area contributed by atoms with Crippen LogP contribution in [0, 0.1) is 0 Å². The minimum Gasteiger partial charge on any atom is -0.382 e. The molecule has 2 rings (SSSR count). The van der Waals surface area contributed by atoms with Crippen LogP contribution in [0.2, 0.25) is 0 Å². The van der Waals surface area contributed by atoms with E-state index in [1.165, 1.54) is 12.3 Å². The molecule has 110 valence electrons. The van der Waals surface area contributed by atoms with E-state index in [1.807, 2.05) is 0 Å². The van der Waals surface area contributed by atoms with Gasteiger partial charge in [-0.1, -0.05) is 5.16 Å². The number of nitrogens with one attached hydrogen (secondary N) is 1. The molecule has 1 aliphatic rings. The number of ether oxygens (including phenoxy) is 1. The number of carbonyl (C=O) groups excluding carboxylic acids is 2. The van der Waals surface area contributed by atoms with E-state index in [9.17, 15) is 9.59 Å². The van der Waals surface area contributed by atoms with E-state index in [-0.39, 0.29) is 23.9 Å². The van der Waals surface area contributed by atoms with Gasteiger partial charge in [-0.15, -0.1) is 0 Å². The summed E-state index contributed by atoms with van der Waals surface area (Å²) in [7, 11) is 3.16. The van der Waals surface area contributed by atoms with E-state index >= 15 is 0 Å². The predicted octanol–water partition coefficient (Wildman–Crippen LogP) is 0.432. The van der Waals surface area contributed by atoms with Gasteiger partial charge in [-0.05, 0) is 12.8 Å². The van der Waals surface area contributed by atoms with Gasteiger partial charge in [0.05, 0.1) is 18.6 Å². The predicted molar refractivity (Wildman–Crippen MR) is 70.1 cm³/mol. The Morgan fingerprint density at radius 2 is 2.40 bits per heavy atom. The van der Waals surface area contributed by atoms with Gasteiger partial charge in [0, 0.05) is 26.8 Å². The Balaban J connectivity index is 2.24. The highest BCUT2D eigenvalue weighted by Crippen LogP contribution is 2.34. The van der Waals surface area contributed by atoms with Crippen molar-refractivity contribution in [2.45, 2.75) is 24.8 Å². The minimum absolute atomic E-state index is 0.109. The molecule has 2 heterocycles. The Morgan fingerprint density at radius 3 is 3.00 bits per heavy atom. The van der Waals surface area contributed by atoms with Crippen LogP contribution >= 0.6 is 0 Å². The van der Waals surface area contributed by atoms with Gasteiger partial charge < -0.3 is 19.5 Å². The first-order chi connectivity index (χ1) is 9.63. The number of likely N-dealkylation sites (tertiary alicyclic amines) is 1. The van der Waals surface area contributed by atoms with Gasteiger partial charge in [-0.2, -0.15) is 0 Å². The molecule has 0 aliphatic carbocycles. The molecule has 1 aliphatic heterocycles. The van der Waals surface area contributed by atoms with Crippen LogP contribution in [-0.2, 0) is 9.53 Å². The summed E-state index contributed by atoms with van der Waals surface area (Å²) >= 11 is 0. The number of hydrogen-bond donors (Lipinski definition) is 1. The smallest absolute Gasteiger partial charge is 0.276 e. The summed E-state index contributed by atoms with van der Waals surface area (Å²) in [5.41, 5.74) is -0.352. The van der Waals surface area contributed by atoms with E-state index in [0.29, 0.717) is 13.2 Å². The zero-order valence-electron chi connectivity index (χ0n) is 11.7. The molecule has 1 saturated heterocycles. The van der Waals surface area contributed by atoms with Crippen LogP contribution in [0.1, 0.15) is 29.8 Å². The third-order valence-electron chi connectivity index (χ3n) is 3.68. The van der Waals surface area contributed by atoms with Gasteiger partial charge in [0.1, 0.15) is 6.26 Å². The van der Waals surface area contributed by atoms with Crippen molar-refractivity contribution in [3.63, 3.8) is 0 Å². The number of amides is 2. The Bertz CT molecular complexity index is 474. The summed E-state index contributed by atoms with van der Waals surface area (Å²) < 4.78 is 9.97. The van der Waals surface area contributed by atoms with Gasteiger partial charge in [-0.3, -0.25) is 9.59 Å². The van der Waals surface area contributed by atoms with E-state index in [1.54, 1.807) is 19.1 Å². The summed E-state index contributed by atoms with van der Waals surface area (Å²) in [5.74, 6) is -0.334. The zero-order chi connectivity index (χ0) is 14.6. The summed E-state index contributed by atoms with van der Waals surface area (Å²) in [4.78, 5) is 25.9. The first-order valence-electron chi connectivity index (χ1n) is 6.55. The molecule has 1 aromatic rings. The number of rotatable bonds is 5. The number of hydrogen-bond acceptors (Lipinski definition) is 5. The Hall–Kier alpha value is -1.89. The third kappa shape index (κ3) is 2.67. The van der Waals surface area contributed by atoms with E-state index < -0.39 is 5.54 Å². The highest BCUT2D eigenvalue weighted by molar-refractivity contribution is 5.93. The first-order valence-corrected chi connectivity index (χ1v) is 6.55. The average molecular weight is 281 g/mol. The second-order valence-electron chi connectivity index (χ2n) is 4.95. The van der Waals surface area contributed by atoms with Crippen molar-refractivity contribution >= 4 is 11.8 Å². The van der Waals surface area contributed by atoms with E-state index in [2.05, 4.69) is 10.5 Å². The molecule has 7 heteroatoms. The Morgan fingerprint density at radius 1 is 1.60 bits per heavy atom. The second-order valence-corrected chi connectivity index (χ2v) is 4.95. The molecule has 1 atom stereocenters. The van der Waals surface area contributed by atoms with Crippen LogP contribution in [0.4, 0.5) is 0 Å². The average Bonchev–Trinajstić information content (AvgIpc) is 3.08. The Kier molecular flexibility index (Phi) is 4.39. The Labute approximate surface area is 117 Å². The molecule has 0 radical (unpaired) electrons. The maximum atomic E-state index is 12.5. The van der Waals surface area contributed by atoms with Crippen molar-refractivity contribution in [1.82, 2.24) is 15.4 Å². The third-order valence-corrected chi connectivity index (χ3v) is 3.68. The summed E-state index contributed by atoms with van der Waals surface area (Å²) in [6.45, 7) is 0.913. The van der Waals surface area contributed by atoms with E-state index in [0.717, 1.165) is 12.8 Å². The number of methoxy groups -OCH3 is 1. The van der Waals surface area contributed by atoms with Crippen molar-refractivity contribution in [3.8, 4) is 0 Å². The maximum absolute atomic E-state index is 12.5. The lowest BCUT2D eigenvalue weighted by atomic mass is 9.92. The normalized spacial score (nSPS) is 22.0. The van der Waals surface area contributed by atoms with Crippen molar-refractivity contribution in [1.29, 1.82) is 0 Å². The fourth-order valence-corrected chi connectivity index (χ4v) is 2.76. The van der Waals surface area contributed by atoms with Crippen LogP contribution < -0.4 is 5.32 Å². The lowest BCUT2D eigenvalue weighted by Gasteiger charge is -2.37. The largest absolute Gasteiger partial charge is 0.382 e. The van der Waals surface area contributed by atoms with Gasteiger partial charge in [-0.25, -0.2) is 0 Å². The molecule has 0 unspecified atom stereocenters. The molecule has 1 fully saturated rings. The fraction of sp³-hybridized carbons (Fsp3) is 0.615. The topological polar surface area (TPSA) is 84.7 Å². The van der Waals surface area contributed by atoms with Crippen LogP contribution in [-0.4, -0.2) is 54.7 Å². The van der Waals surface area contributed by atoms with Crippen LogP contribution in [0.5, 0.6) is 0 Å². The monoisotopic (exact) mass is 281 g/mol. The maximum Gasteiger partial charge on any atom is 0.276 e. The van der Waals surface area contributed by atoms with Crippen LogP contribution in [0.25, 0.3) is 0 Å². The number of carbonyl (C=O) groups is 2. The van der Waals surface area contributed by atoms with Crippen molar-refractivity contribution in [2.24, 2.45) is 0 Å². The molecule has 0 bridgehead atoms. The van der Waals surface area contributed by atoms with Crippen molar-refractivity contribution < 1.29 is 18.8 Å². The van der Waals surface area contributed by atoms with Crippen LogP contribution in [0.3, 0.4) is 0 Å². The zero-order valence-corrected chi connectivity index (χ0v) is 11.7. The molecule has 7 nitrogen and oxygen atoms in total. The number of nitrogens with zero attached hydrogens (tertiary/aromatic N) is 2. The SMILES string of the molecule is CNC(=O)C[C@@]1(COC)CCCN1C(=O)c1ccon1. The van der Waals surface area contributed by atoms with Crippen LogP contribution in [0.15, 0.2) is 16.9 Å². The van der Waals surface area contributed by atoms with Gasteiger partial charge in [0.25, 0.3) is 5.91 Å². The molecule has 0 spiro atoms. The highest BCUT2D eigenvalue weighted by Gasteiger charge is 2.45. The fourth-order valence-electron chi connectivity index (χ4n) is 2.76. The molecular weight excluding hydrogens is 262 g/mol. The first kappa shape index (κ1) is 14.5. The summed E-state index contributed by atoms with van der Waals surface area (Å²) in [5, 5.41) is 6.28. The molecular formula is C13H19N3O4. The molecule has 1 aromatic heterocycles.